The van der Waals surface area contributed by atoms with Gasteiger partial charge in [-0.15, -0.1) is 23.1 Å². The van der Waals surface area contributed by atoms with Crippen LogP contribution < -0.4 is 14.2 Å². The third-order valence-electron chi connectivity index (χ3n) is 3.62. The molecule has 1 heterocycles. The molecule has 0 aliphatic heterocycles. The van der Waals surface area contributed by atoms with Crippen LogP contribution in [0.25, 0.3) is 10.6 Å². The fourth-order valence-corrected chi connectivity index (χ4v) is 4.11. The summed E-state index contributed by atoms with van der Waals surface area (Å²) < 4.78 is 16.0. The number of methoxy groups -OCH3 is 3. The first-order valence-electron chi connectivity index (χ1n) is 7.67. The first-order chi connectivity index (χ1) is 12.2. The van der Waals surface area contributed by atoms with E-state index in [1.54, 1.807) is 44.4 Å². The molecular weight excluding hydrogens is 354 g/mol. The summed E-state index contributed by atoms with van der Waals surface area (Å²) in [4.78, 5) is 5.91. The van der Waals surface area contributed by atoms with E-state index in [2.05, 4.69) is 11.4 Å². The highest BCUT2D eigenvalue weighted by Crippen LogP contribution is 2.36. The molecule has 130 valence electrons. The number of aromatic nitrogens is 1. The summed E-state index contributed by atoms with van der Waals surface area (Å²) in [7, 11) is 4.98. The molecule has 3 rings (SSSR count). The third-order valence-corrected chi connectivity index (χ3v) is 5.57. The molecule has 0 saturated heterocycles. The normalized spacial score (nSPS) is 10.5. The predicted molar refractivity (Wildman–Crippen MR) is 103 cm³/mol. The number of benzene rings is 2. The zero-order valence-corrected chi connectivity index (χ0v) is 15.9. The Morgan fingerprint density at radius 1 is 0.960 bits per heavy atom. The fourth-order valence-electron chi connectivity index (χ4n) is 2.32. The number of nitrogens with zero attached hydrogens (tertiary/aromatic N) is 1. The van der Waals surface area contributed by atoms with E-state index in [0.29, 0.717) is 0 Å². The number of thiazole rings is 1. The second kappa shape index (κ2) is 8.27. The molecule has 1 aromatic heterocycles. The Hall–Kier alpha value is -2.18. The Bertz CT molecular complexity index is 848. The largest absolute Gasteiger partial charge is 0.497 e. The van der Waals surface area contributed by atoms with Gasteiger partial charge in [0, 0.05) is 22.1 Å². The van der Waals surface area contributed by atoms with Gasteiger partial charge in [0.25, 0.3) is 0 Å². The van der Waals surface area contributed by atoms with Crippen LogP contribution in [0.2, 0.25) is 0 Å². The average molecular weight is 373 g/mol. The molecule has 0 spiro atoms. The van der Waals surface area contributed by atoms with E-state index < -0.39 is 0 Å². The number of thioether (sulfide) groups is 1. The zero-order valence-electron chi connectivity index (χ0n) is 14.3. The Kier molecular flexibility index (Phi) is 5.83. The number of hydrogen-bond acceptors (Lipinski definition) is 6. The van der Waals surface area contributed by atoms with E-state index in [0.717, 1.165) is 44.2 Å². The average Bonchev–Trinajstić information content (AvgIpc) is 3.14. The van der Waals surface area contributed by atoms with Crippen LogP contribution in [0.4, 0.5) is 0 Å². The van der Waals surface area contributed by atoms with Crippen molar-refractivity contribution in [1.82, 2.24) is 4.98 Å². The Morgan fingerprint density at radius 2 is 1.76 bits per heavy atom. The first-order valence-corrected chi connectivity index (χ1v) is 9.53. The summed E-state index contributed by atoms with van der Waals surface area (Å²) in [5, 5.41) is 3.03. The van der Waals surface area contributed by atoms with Crippen molar-refractivity contribution in [3.8, 4) is 27.8 Å². The second-order valence-electron chi connectivity index (χ2n) is 5.18. The molecule has 0 N–H and O–H groups in total. The van der Waals surface area contributed by atoms with Crippen molar-refractivity contribution in [2.45, 2.75) is 10.6 Å². The van der Waals surface area contributed by atoms with E-state index >= 15 is 0 Å². The molecule has 3 aromatic rings. The van der Waals surface area contributed by atoms with Crippen molar-refractivity contribution >= 4 is 23.1 Å². The van der Waals surface area contributed by atoms with E-state index in [1.807, 2.05) is 36.4 Å². The summed E-state index contributed by atoms with van der Waals surface area (Å²) in [6, 6.07) is 13.8. The number of ether oxygens (including phenoxy) is 3. The zero-order chi connectivity index (χ0) is 17.6. The molecule has 0 bridgehead atoms. The molecule has 0 fully saturated rings. The van der Waals surface area contributed by atoms with Crippen molar-refractivity contribution in [3.63, 3.8) is 0 Å². The molecule has 25 heavy (non-hydrogen) atoms. The molecule has 0 aliphatic rings. The van der Waals surface area contributed by atoms with Crippen LogP contribution >= 0.6 is 23.1 Å². The van der Waals surface area contributed by atoms with Crippen LogP contribution in [-0.2, 0) is 5.75 Å². The summed E-state index contributed by atoms with van der Waals surface area (Å²) in [6.45, 7) is 0. The molecule has 0 unspecified atom stereocenters. The monoisotopic (exact) mass is 373 g/mol. The van der Waals surface area contributed by atoms with Gasteiger partial charge in [0.05, 0.1) is 32.6 Å². The third kappa shape index (κ3) is 4.27. The maximum atomic E-state index is 5.47. The molecular formula is C19H19NO3S2. The molecule has 0 atom stereocenters. The Balaban J connectivity index is 1.74. The van der Waals surface area contributed by atoms with Crippen molar-refractivity contribution in [3.05, 3.63) is 53.5 Å². The lowest BCUT2D eigenvalue weighted by Gasteiger charge is -2.08. The number of hydrogen-bond donors (Lipinski definition) is 0. The van der Waals surface area contributed by atoms with E-state index in [9.17, 15) is 0 Å². The van der Waals surface area contributed by atoms with Crippen LogP contribution in [0, 0.1) is 0 Å². The van der Waals surface area contributed by atoms with E-state index in [1.165, 1.54) is 0 Å². The quantitative estimate of drug-likeness (QED) is 0.537. The maximum Gasteiger partial charge on any atom is 0.132 e. The lowest BCUT2D eigenvalue weighted by Crippen LogP contribution is -1.90. The summed E-state index contributed by atoms with van der Waals surface area (Å²) >= 11 is 3.36. The first kappa shape index (κ1) is 17.6. The predicted octanol–water partition coefficient (Wildman–Crippen LogP) is 5.13. The topological polar surface area (TPSA) is 40.6 Å². The van der Waals surface area contributed by atoms with E-state index in [-0.39, 0.29) is 0 Å². The molecule has 0 amide bonds. The van der Waals surface area contributed by atoms with Crippen molar-refractivity contribution in [2.75, 3.05) is 21.3 Å². The summed E-state index contributed by atoms with van der Waals surface area (Å²) in [5.41, 5.74) is 2.02. The SMILES string of the molecule is COc1cccc(SCc2csc(-c3ccc(OC)cc3OC)n2)c1. The van der Waals surface area contributed by atoms with Crippen LogP contribution in [0.3, 0.4) is 0 Å². The fraction of sp³-hybridized carbons (Fsp3) is 0.211. The lowest BCUT2D eigenvalue weighted by molar-refractivity contribution is 0.395. The van der Waals surface area contributed by atoms with Gasteiger partial charge in [0.1, 0.15) is 22.3 Å². The second-order valence-corrected chi connectivity index (χ2v) is 7.08. The van der Waals surface area contributed by atoms with Gasteiger partial charge in [0.15, 0.2) is 0 Å². The molecule has 4 nitrogen and oxygen atoms in total. The molecule has 0 saturated carbocycles. The van der Waals surface area contributed by atoms with Crippen LogP contribution in [0.1, 0.15) is 5.69 Å². The van der Waals surface area contributed by atoms with Gasteiger partial charge < -0.3 is 14.2 Å². The van der Waals surface area contributed by atoms with Gasteiger partial charge in [-0.3, -0.25) is 0 Å². The Labute approximate surface area is 155 Å². The summed E-state index contributed by atoms with van der Waals surface area (Å²) in [6.07, 6.45) is 0. The Morgan fingerprint density at radius 3 is 2.52 bits per heavy atom. The van der Waals surface area contributed by atoms with Gasteiger partial charge in [-0.25, -0.2) is 4.98 Å². The minimum absolute atomic E-state index is 0.765. The molecule has 0 radical (unpaired) electrons. The van der Waals surface area contributed by atoms with Crippen LogP contribution in [0.15, 0.2) is 52.7 Å². The standard InChI is InChI=1S/C19H19NO3S2/c1-21-14-5-4-6-16(9-14)24-11-13-12-25-19(20-13)17-8-7-15(22-2)10-18(17)23-3/h4-10,12H,11H2,1-3H3. The van der Waals surface area contributed by atoms with Crippen molar-refractivity contribution < 1.29 is 14.2 Å². The highest BCUT2D eigenvalue weighted by Gasteiger charge is 2.12. The molecule has 6 heteroatoms. The van der Waals surface area contributed by atoms with Gasteiger partial charge >= 0.3 is 0 Å². The molecule has 2 aromatic carbocycles. The smallest absolute Gasteiger partial charge is 0.132 e. The minimum atomic E-state index is 0.765. The number of rotatable bonds is 7. The minimum Gasteiger partial charge on any atom is -0.497 e. The van der Waals surface area contributed by atoms with Gasteiger partial charge in [-0.2, -0.15) is 0 Å². The lowest BCUT2D eigenvalue weighted by atomic mass is 10.2. The van der Waals surface area contributed by atoms with Crippen molar-refractivity contribution in [1.29, 1.82) is 0 Å². The van der Waals surface area contributed by atoms with Crippen LogP contribution in [-0.4, -0.2) is 26.3 Å². The van der Waals surface area contributed by atoms with Crippen molar-refractivity contribution in [2.24, 2.45) is 0 Å². The van der Waals surface area contributed by atoms with Gasteiger partial charge in [0.2, 0.25) is 0 Å². The maximum absolute atomic E-state index is 5.47. The highest BCUT2D eigenvalue weighted by atomic mass is 32.2. The van der Waals surface area contributed by atoms with Crippen LogP contribution in [0.5, 0.6) is 17.2 Å². The molecule has 0 aliphatic carbocycles. The van der Waals surface area contributed by atoms with Gasteiger partial charge in [-0.05, 0) is 30.3 Å². The van der Waals surface area contributed by atoms with E-state index in [4.69, 9.17) is 19.2 Å². The summed E-state index contributed by atoms with van der Waals surface area (Å²) in [5.74, 6) is 3.21. The van der Waals surface area contributed by atoms with Gasteiger partial charge in [-0.1, -0.05) is 6.07 Å². The highest BCUT2D eigenvalue weighted by molar-refractivity contribution is 7.98.